The van der Waals surface area contributed by atoms with Crippen LogP contribution in [0.5, 0.6) is 0 Å². The average molecular weight is 186 g/mol. The lowest BCUT2D eigenvalue weighted by Crippen LogP contribution is -2.36. The van der Waals surface area contributed by atoms with E-state index in [1.165, 1.54) is 0 Å². The number of amides is 1. The molecule has 0 spiro atoms. The molecule has 1 saturated heterocycles. The fourth-order valence-electron chi connectivity index (χ4n) is 1.46. The second kappa shape index (κ2) is 3.97. The molecule has 1 rings (SSSR count). The highest BCUT2D eigenvalue weighted by Crippen LogP contribution is 2.19. The molecule has 2 atom stereocenters. The first-order valence-corrected chi connectivity index (χ1v) is 3.83. The molecule has 0 bridgehead atoms. The van der Waals surface area contributed by atoms with Crippen LogP contribution >= 0.6 is 0 Å². The smallest absolute Gasteiger partial charge is 0.407 e. The van der Waals surface area contributed by atoms with E-state index in [0.29, 0.717) is 6.42 Å². The van der Waals surface area contributed by atoms with Crippen LogP contribution in [0.25, 0.3) is 10.4 Å². The van der Waals surface area contributed by atoms with Crippen LogP contribution < -0.4 is 0 Å². The Bertz CT molecular complexity index is 250. The molecule has 1 aliphatic rings. The quantitative estimate of drug-likeness (QED) is 0.370. The van der Waals surface area contributed by atoms with E-state index >= 15 is 0 Å². The van der Waals surface area contributed by atoms with Gasteiger partial charge in [0.25, 0.3) is 0 Å². The number of carboxylic acid groups (broad SMARTS) is 1. The summed E-state index contributed by atoms with van der Waals surface area (Å²) in [5, 5.41) is 20.9. The van der Waals surface area contributed by atoms with Gasteiger partial charge < -0.3 is 15.1 Å². The van der Waals surface area contributed by atoms with E-state index in [0.717, 1.165) is 4.90 Å². The van der Waals surface area contributed by atoms with E-state index in [1.54, 1.807) is 0 Å². The van der Waals surface area contributed by atoms with Gasteiger partial charge in [0.1, 0.15) is 0 Å². The average Bonchev–Trinajstić information content (AvgIpc) is 2.48. The molecule has 0 aromatic rings. The fourth-order valence-corrected chi connectivity index (χ4v) is 1.46. The molecular weight excluding hydrogens is 176 g/mol. The molecule has 1 aliphatic heterocycles. The van der Waals surface area contributed by atoms with E-state index in [4.69, 9.17) is 15.7 Å². The third-order valence-corrected chi connectivity index (χ3v) is 2.06. The van der Waals surface area contributed by atoms with Gasteiger partial charge in [0, 0.05) is 11.5 Å². The standard InChI is InChI=1S/C6H10N4O3/c7-9-8-4-1-5(3-11)10(2-4)6(12)13/h4-5,11H,1-3H2,(H,12,13)/t4?,5-/m1/s1. The Hall–Kier alpha value is -1.46. The van der Waals surface area contributed by atoms with Gasteiger partial charge in [-0.1, -0.05) is 5.11 Å². The molecule has 1 amide bonds. The molecule has 0 aromatic carbocycles. The molecule has 7 heteroatoms. The molecule has 1 fully saturated rings. The Balaban J connectivity index is 2.66. The lowest BCUT2D eigenvalue weighted by atomic mass is 10.2. The zero-order valence-corrected chi connectivity index (χ0v) is 6.87. The SMILES string of the molecule is [N-]=[N+]=NC1C[C@H](CO)N(C(=O)O)C1. The first-order valence-electron chi connectivity index (χ1n) is 3.83. The minimum Gasteiger partial charge on any atom is -0.465 e. The van der Waals surface area contributed by atoms with Crippen LogP contribution in [-0.4, -0.2) is 46.4 Å². The Morgan fingerprint density at radius 1 is 1.77 bits per heavy atom. The van der Waals surface area contributed by atoms with Gasteiger partial charge in [0.2, 0.25) is 0 Å². The summed E-state index contributed by atoms with van der Waals surface area (Å²) in [6.07, 6.45) is -0.693. The van der Waals surface area contributed by atoms with Crippen molar-refractivity contribution in [2.45, 2.75) is 18.5 Å². The normalized spacial score (nSPS) is 27.0. The molecule has 0 saturated carbocycles. The number of carbonyl (C=O) groups is 1. The highest BCUT2D eigenvalue weighted by atomic mass is 16.4. The molecule has 0 aromatic heterocycles. The maximum Gasteiger partial charge on any atom is 0.407 e. The summed E-state index contributed by atoms with van der Waals surface area (Å²) in [5.41, 5.74) is 8.14. The van der Waals surface area contributed by atoms with Crippen LogP contribution in [-0.2, 0) is 0 Å². The lowest BCUT2D eigenvalue weighted by Gasteiger charge is -2.18. The van der Waals surface area contributed by atoms with Crippen LogP contribution in [0.1, 0.15) is 6.42 Å². The number of azide groups is 1. The molecule has 1 heterocycles. The number of rotatable bonds is 2. The van der Waals surface area contributed by atoms with Gasteiger partial charge in [0.05, 0.1) is 18.7 Å². The fraction of sp³-hybridized carbons (Fsp3) is 0.833. The summed E-state index contributed by atoms with van der Waals surface area (Å²) < 4.78 is 0. The first kappa shape index (κ1) is 9.63. The third-order valence-electron chi connectivity index (χ3n) is 2.06. The topological polar surface area (TPSA) is 110 Å². The number of nitrogens with zero attached hydrogens (tertiary/aromatic N) is 4. The van der Waals surface area contributed by atoms with Crippen LogP contribution in [0.15, 0.2) is 5.11 Å². The monoisotopic (exact) mass is 186 g/mol. The zero-order chi connectivity index (χ0) is 9.84. The minimum atomic E-state index is -1.09. The highest BCUT2D eigenvalue weighted by Gasteiger charge is 2.34. The predicted octanol–water partition coefficient (Wildman–Crippen LogP) is 0.410. The second-order valence-electron chi connectivity index (χ2n) is 2.87. The van der Waals surface area contributed by atoms with E-state index in [1.807, 2.05) is 0 Å². The molecule has 2 N–H and O–H groups in total. The van der Waals surface area contributed by atoms with Gasteiger partial charge in [0.15, 0.2) is 0 Å². The second-order valence-corrected chi connectivity index (χ2v) is 2.87. The summed E-state index contributed by atoms with van der Waals surface area (Å²) in [6.45, 7) is -0.0611. The molecule has 13 heavy (non-hydrogen) atoms. The number of hydrogen-bond donors (Lipinski definition) is 2. The number of hydrogen-bond acceptors (Lipinski definition) is 3. The van der Waals surface area contributed by atoms with Gasteiger partial charge in [-0.3, -0.25) is 0 Å². The minimum absolute atomic E-state index is 0.171. The summed E-state index contributed by atoms with van der Waals surface area (Å²) in [7, 11) is 0. The van der Waals surface area contributed by atoms with Crippen LogP contribution in [0, 0.1) is 0 Å². The number of aliphatic hydroxyl groups is 1. The van der Waals surface area contributed by atoms with Crippen LogP contribution in [0.4, 0.5) is 4.79 Å². The van der Waals surface area contributed by atoms with Gasteiger partial charge >= 0.3 is 6.09 Å². The van der Waals surface area contributed by atoms with Crippen LogP contribution in [0.2, 0.25) is 0 Å². The van der Waals surface area contributed by atoms with Crippen molar-refractivity contribution in [2.24, 2.45) is 5.11 Å². The summed E-state index contributed by atoms with van der Waals surface area (Å²) in [6, 6.07) is -0.786. The maximum absolute atomic E-state index is 10.6. The highest BCUT2D eigenvalue weighted by molar-refractivity contribution is 5.66. The van der Waals surface area contributed by atoms with Crippen molar-refractivity contribution in [3.8, 4) is 0 Å². The predicted molar refractivity (Wildman–Crippen MR) is 43.2 cm³/mol. The molecule has 72 valence electrons. The van der Waals surface area contributed by atoms with Gasteiger partial charge in [-0.2, -0.15) is 0 Å². The summed E-state index contributed by atoms with van der Waals surface area (Å²) in [4.78, 5) is 14.3. The molecule has 1 unspecified atom stereocenters. The van der Waals surface area contributed by atoms with E-state index < -0.39 is 12.1 Å². The lowest BCUT2D eigenvalue weighted by molar-refractivity contribution is 0.118. The Labute approximate surface area is 74.2 Å². The number of aliphatic hydroxyl groups excluding tert-OH is 1. The van der Waals surface area contributed by atoms with Gasteiger partial charge in [-0.25, -0.2) is 4.79 Å². The number of likely N-dealkylation sites (tertiary alicyclic amines) is 1. The maximum atomic E-state index is 10.6. The Kier molecular flexibility index (Phi) is 2.94. The van der Waals surface area contributed by atoms with Crippen molar-refractivity contribution in [1.82, 2.24) is 4.90 Å². The summed E-state index contributed by atoms with van der Waals surface area (Å²) >= 11 is 0. The van der Waals surface area contributed by atoms with E-state index in [-0.39, 0.29) is 19.2 Å². The Morgan fingerprint density at radius 3 is 2.85 bits per heavy atom. The van der Waals surface area contributed by atoms with Crippen molar-refractivity contribution in [2.75, 3.05) is 13.2 Å². The Morgan fingerprint density at radius 2 is 2.46 bits per heavy atom. The molecule has 0 radical (unpaired) electrons. The van der Waals surface area contributed by atoms with E-state index in [2.05, 4.69) is 10.0 Å². The summed E-state index contributed by atoms with van der Waals surface area (Å²) in [5.74, 6) is 0. The van der Waals surface area contributed by atoms with Crippen molar-refractivity contribution in [3.05, 3.63) is 10.4 Å². The van der Waals surface area contributed by atoms with Crippen molar-refractivity contribution in [1.29, 1.82) is 0 Å². The van der Waals surface area contributed by atoms with Crippen molar-refractivity contribution >= 4 is 6.09 Å². The van der Waals surface area contributed by atoms with Gasteiger partial charge in [-0.05, 0) is 12.0 Å². The molecule has 0 aliphatic carbocycles. The largest absolute Gasteiger partial charge is 0.465 e. The molecule has 7 nitrogen and oxygen atoms in total. The third kappa shape index (κ3) is 2.01. The first-order chi connectivity index (χ1) is 6.19. The van der Waals surface area contributed by atoms with Crippen molar-refractivity contribution < 1.29 is 15.0 Å². The van der Waals surface area contributed by atoms with Gasteiger partial charge in [-0.15, -0.1) is 0 Å². The van der Waals surface area contributed by atoms with Crippen LogP contribution in [0.3, 0.4) is 0 Å². The zero-order valence-electron chi connectivity index (χ0n) is 6.87. The molecular formula is C6H10N4O3. The van der Waals surface area contributed by atoms with Crippen molar-refractivity contribution in [3.63, 3.8) is 0 Å². The van der Waals surface area contributed by atoms with E-state index in [9.17, 15) is 4.79 Å².